The number of methoxy groups -OCH3 is 1. The smallest absolute Gasteiger partial charge is 0.258 e. The van der Waals surface area contributed by atoms with Crippen LogP contribution in [0.15, 0.2) is 64.6 Å². The van der Waals surface area contributed by atoms with E-state index in [9.17, 15) is 4.79 Å². The second kappa shape index (κ2) is 7.84. The molecule has 0 saturated carbocycles. The third kappa shape index (κ3) is 3.86. The van der Waals surface area contributed by atoms with Crippen LogP contribution in [0.3, 0.4) is 0 Å². The van der Waals surface area contributed by atoms with Gasteiger partial charge in [-0.15, -0.1) is 11.3 Å². The zero-order valence-electron chi connectivity index (χ0n) is 13.5. The zero-order valence-corrected chi connectivity index (χ0v) is 14.3. The molecule has 0 atom stereocenters. The zero-order chi connectivity index (χ0) is 16.8. The van der Waals surface area contributed by atoms with E-state index in [1.807, 2.05) is 35.7 Å². The van der Waals surface area contributed by atoms with Gasteiger partial charge in [0.05, 0.1) is 25.5 Å². The van der Waals surface area contributed by atoms with Crippen molar-refractivity contribution in [2.75, 3.05) is 13.7 Å². The molecular formula is C19H19NO3S. The van der Waals surface area contributed by atoms with Gasteiger partial charge in [0.25, 0.3) is 5.91 Å². The SMILES string of the molecule is COc1ccccc1C(=O)N(CCc1cccs1)Cc1ccco1. The van der Waals surface area contributed by atoms with E-state index in [-0.39, 0.29) is 5.91 Å². The third-order valence-corrected chi connectivity index (χ3v) is 4.70. The number of hydrogen-bond acceptors (Lipinski definition) is 4. The van der Waals surface area contributed by atoms with Crippen LogP contribution in [0.1, 0.15) is 21.0 Å². The Bertz CT molecular complexity index is 766. The quantitative estimate of drug-likeness (QED) is 0.646. The standard InChI is InChI=1S/C19H19NO3S/c1-22-18-9-3-2-8-17(18)19(21)20(14-15-6-4-12-23-15)11-10-16-7-5-13-24-16/h2-9,12-13H,10-11,14H2,1H3. The van der Waals surface area contributed by atoms with Gasteiger partial charge in [-0.2, -0.15) is 0 Å². The molecule has 5 heteroatoms. The van der Waals surface area contributed by atoms with E-state index in [1.165, 1.54) is 4.88 Å². The molecule has 2 heterocycles. The summed E-state index contributed by atoms with van der Waals surface area (Å²) >= 11 is 1.70. The van der Waals surface area contributed by atoms with Gasteiger partial charge in [0, 0.05) is 11.4 Å². The van der Waals surface area contributed by atoms with Gasteiger partial charge in [-0.1, -0.05) is 18.2 Å². The summed E-state index contributed by atoms with van der Waals surface area (Å²) in [6, 6.07) is 15.1. The number of benzene rings is 1. The maximum absolute atomic E-state index is 13.0. The van der Waals surface area contributed by atoms with E-state index < -0.39 is 0 Å². The summed E-state index contributed by atoms with van der Waals surface area (Å²) in [6.07, 6.45) is 2.44. The third-order valence-electron chi connectivity index (χ3n) is 3.76. The van der Waals surface area contributed by atoms with Gasteiger partial charge in [0.2, 0.25) is 0 Å². The molecule has 0 spiro atoms. The first-order chi connectivity index (χ1) is 11.8. The number of amides is 1. The van der Waals surface area contributed by atoms with Crippen LogP contribution < -0.4 is 4.74 Å². The van der Waals surface area contributed by atoms with Crippen molar-refractivity contribution in [1.29, 1.82) is 0 Å². The van der Waals surface area contributed by atoms with Crippen molar-refractivity contribution in [3.8, 4) is 5.75 Å². The van der Waals surface area contributed by atoms with Crippen LogP contribution in [0.2, 0.25) is 0 Å². The van der Waals surface area contributed by atoms with Gasteiger partial charge < -0.3 is 14.1 Å². The maximum Gasteiger partial charge on any atom is 0.258 e. The van der Waals surface area contributed by atoms with Gasteiger partial charge in [0.1, 0.15) is 11.5 Å². The second-order valence-corrected chi connectivity index (χ2v) is 6.37. The van der Waals surface area contributed by atoms with Crippen LogP contribution in [-0.4, -0.2) is 24.5 Å². The van der Waals surface area contributed by atoms with Crippen molar-refractivity contribution >= 4 is 17.2 Å². The number of para-hydroxylation sites is 1. The highest BCUT2D eigenvalue weighted by molar-refractivity contribution is 7.09. The Labute approximate surface area is 145 Å². The lowest BCUT2D eigenvalue weighted by molar-refractivity contribution is 0.0730. The van der Waals surface area contributed by atoms with E-state index in [2.05, 4.69) is 6.07 Å². The van der Waals surface area contributed by atoms with Crippen molar-refractivity contribution in [3.63, 3.8) is 0 Å². The van der Waals surface area contributed by atoms with E-state index >= 15 is 0 Å². The van der Waals surface area contributed by atoms with Crippen molar-refractivity contribution in [2.24, 2.45) is 0 Å². The number of rotatable bonds is 7. The van der Waals surface area contributed by atoms with Crippen molar-refractivity contribution in [1.82, 2.24) is 4.90 Å². The molecule has 24 heavy (non-hydrogen) atoms. The fraction of sp³-hybridized carbons (Fsp3) is 0.211. The maximum atomic E-state index is 13.0. The van der Waals surface area contributed by atoms with Gasteiger partial charge in [-0.05, 0) is 42.1 Å². The summed E-state index contributed by atoms with van der Waals surface area (Å²) in [5.74, 6) is 1.30. The van der Waals surface area contributed by atoms with Crippen LogP contribution in [0.5, 0.6) is 5.75 Å². The van der Waals surface area contributed by atoms with E-state index in [1.54, 1.807) is 41.7 Å². The number of nitrogens with zero attached hydrogens (tertiary/aromatic N) is 1. The lowest BCUT2D eigenvalue weighted by Crippen LogP contribution is -2.32. The van der Waals surface area contributed by atoms with Crippen LogP contribution in [0.4, 0.5) is 0 Å². The molecule has 0 fully saturated rings. The Morgan fingerprint density at radius 1 is 1.17 bits per heavy atom. The molecule has 0 unspecified atom stereocenters. The normalized spacial score (nSPS) is 10.5. The van der Waals surface area contributed by atoms with Crippen LogP contribution in [0.25, 0.3) is 0 Å². The van der Waals surface area contributed by atoms with E-state index in [4.69, 9.17) is 9.15 Å². The number of hydrogen-bond donors (Lipinski definition) is 0. The molecule has 0 aliphatic rings. The van der Waals surface area contributed by atoms with Crippen LogP contribution >= 0.6 is 11.3 Å². The average molecular weight is 341 g/mol. The summed E-state index contributed by atoms with van der Waals surface area (Å²) in [5.41, 5.74) is 0.567. The summed E-state index contributed by atoms with van der Waals surface area (Å²) < 4.78 is 10.8. The molecule has 1 amide bonds. The van der Waals surface area contributed by atoms with Gasteiger partial charge in [-0.25, -0.2) is 0 Å². The lowest BCUT2D eigenvalue weighted by Gasteiger charge is -2.22. The molecule has 124 valence electrons. The molecule has 3 aromatic rings. The molecule has 0 saturated heterocycles. The monoisotopic (exact) mass is 341 g/mol. The Morgan fingerprint density at radius 2 is 2.04 bits per heavy atom. The first-order valence-corrected chi connectivity index (χ1v) is 8.63. The van der Waals surface area contributed by atoms with Crippen molar-refractivity contribution in [3.05, 3.63) is 76.4 Å². The van der Waals surface area contributed by atoms with Gasteiger partial charge in [-0.3, -0.25) is 4.79 Å². The summed E-state index contributed by atoms with van der Waals surface area (Å²) in [6.45, 7) is 1.06. The molecule has 0 radical (unpaired) electrons. The molecule has 1 aromatic carbocycles. The average Bonchev–Trinajstić information content (AvgIpc) is 3.31. The minimum atomic E-state index is -0.0552. The minimum Gasteiger partial charge on any atom is -0.496 e. The number of ether oxygens (including phenoxy) is 1. The largest absolute Gasteiger partial charge is 0.496 e. The molecular weight excluding hydrogens is 322 g/mol. The fourth-order valence-electron chi connectivity index (χ4n) is 2.53. The number of furan rings is 1. The molecule has 3 rings (SSSR count). The molecule has 0 aliphatic carbocycles. The first kappa shape index (κ1) is 16.3. The minimum absolute atomic E-state index is 0.0552. The Kier molecular flexibility index (Phi) is 5.33. The van der Waals surface area contributed by atoms with Crippen molar-refractivity contribution < 1.29 is 13.9 Å². The first-order valence-electron chi connectivity index (χ1n) is 7.75. The number of carbonyl (C=O) groups excluding carboxylic acids is 1. The highest BCUT2D eigenvalue weighted by Gasteiger charge is 2.20. The summed E-state index contributed by atoms with van der Waals surface area (Å²) in [7, 11) is 1.58. The van der Waals surface area contributed by atoms with Gasteiger partial charge in [0.15, 0.2) is 0 Å². The second-order valence-electron chi connectivity index (χ2n) is 5.34. The van der Waals surface area contributed by atoms with Crippen LogP contribution in [-0.2, 0) is 13.0 Å². The predicted molar refractivity (Wildman–Crippen MR) is 94.5 cm³/mol. The Morgan fingerprint density at radius 3 is 2.75 bits per heavy atom. The van der Waals surface area contributed by atoms with E-state index in [0.29, 0.717) is 24.4 Å². The number of carbonyl (C=O) groups is 1. The molecule has 2 aromatic heterocycles. The Hall–Kier alpha value is -2.53. The fourth-order valence-corrected chi connectivity index (χ4v) is 3.23. The molecule has 0 bridgehead atoms. The summed E-state index contributed by atoms with van der Waals surface area (Å²) in [4.78, 5) is 16.1. The van der Waals surface area contributed by atoms with Crippen molar-refractivity contribution in [2.45, 2.75) is 13.0 Å². The Balaban J connectivity index is 1.80. The molecule has 0 aliphatic heterocycles. The lowest BCUT2D eigenvalue weighted by atomic mass is 10.1. The van der Waals surface area contributed by atoms with Crippen LogP contribution in [0, 0.1) is 0 Å². The highest BCUT2D eigenvalue weighted by atomic mass is 32.1. The van der Waals surface area contributed by atoms with E-state index in [0.717, 1.165) is 12.2 Å². The molecule has 0 N–H and O–H groups in total. The highest BCUT2D eigenvalue weighted by Crippen LogP contribution is 2.21. The summed E-state index contributed by atoms with van der Waals surface area (Å²) in [5, 5.41) is 2.05. The molecule has 4 nitrogen and oxygen atoms in total. The predicted octanol–water partition coefficient (Wildman–Crippen LogP) is 4.23. The van der Waals surface area contributed by atoms with Gasteiger partial charge >= 0.3 is 0 Å². The topological polar surface area (TPSA) is 42.7 Å². The number of thiophene rings is 1.